The number of halogens is 1. The van der Waals surface area contributed by atoms with Crippen LogP contribution in [0.3, 0.4) is 0 Å². The number of likely N-dealkylation sites (N-methyl/N-ethyl adjacent to an activating group) is 1. The van der Waals surface area contributed by atoms with Crippen molar-refractivity contribution in [3.05, 3.63) is 62.9 Å². The van der Waals surface area contributed by atoms with Gasteiger partial charge < -0.3 is 9.67 Å². The maximum Gasteiger partial charge on any atom is 0.269 e. The van der Waals surface area contributed by atoms with Gasteiger partial charge in [-0.25, -0.2) is 0 Å². The van der Waals surface area contributed by atoms with Gasteiger partial charge in [0.2, 0.25) is 0 Å². The van der Waals surface area contributed by atoms with Crippen LogP contribution in [0.15, 0.2) is 36.5 Å². The third-order valence-corrected chi connectivity index (χ3v) is 3.66. The molecule has 1 atom stereocenters. The topological polar surface area (TPSA) is 71.5 Å². The molecule has 0 aliphatic carbocycles. The zero-order valence-corrected chi connectivity index (χ0v) is 13.2. The molecule has 0 radical (unpaired) electrons. The van der Waals surface area contributed by atoms with Crippen LogP contribution in [0.4, 0.5) is 5.69 Å². The third kappa shape index (κ3) is 4.07. The normalized spacial score (nSPS) is 12.6. The summed E-state index contributed by atoms with van der Waals surface area (Å²) in [5, 5.41) is 21.7. The fourth-order valence-corrected chi connectivity index (χ4v) is 2.58. The van der Waals surface area contributed by atoms with Gasteiger partial charge >= 0.3 is 0 Å². The molecule has 1 aromatic carbocycles. The molecule has 7 heteroatoms. The second-order valence-electron chi connectivity index (χ2n) is 5.33. The summed E-state index contributed by atoms with van der Waals surface area (Å²) in [5.74, 6) is 0. The maximum absolute atomic E-state index is 10.8. The predicted octanol–water partition coefficient (Wildman–Crippen LogP) is 2.75. The number of aromatic nitrogens is 1. The summed E-state index contributed by atoms with van der Waals surface area (Å²) in [4.78, 5) is 12.3. The van der Waals surface area contributed by atoms with Crippen LogP contribution in [0.5, 0.6) is 0 Å². The van der Waals surface area contributed by atoms with Gasteiger partial charge in [-0.05, 0) is 18.7 Å². The SMILES string of the molecule is CN(Cc1cc(Cl)cn1C)CC(O)c1cccc([N+](=O)[O-])c1. The lowest BCUT2D eigenvalue weighted by molar-refractivity contribution is -0.385. The van der Waals surface area contributed by atoms with Gasteiger partial charge in [0.25, 0.3) is 5.69 Å². The molecule has 1 heterocycles. The van der Waals surface area contributed by atoms with E-state index in [1.54, 1.807) is 12.1 Å². The monoisotopic (exact) mass is 323 g/mol. The Labute approximate surface area is 133 Å². The minimum absolute atomic E-state index is 0.0200. The van der Waals surface area contributed by atoms with Crippen molar-refractivity contribution in [3.63, 3.8) is 0 Å². The second-order valence-corrected chi connectivity index (χ2v) is 5.76. The van der Waals surface area contributed by atoms with Crippen molar-refractivity contribution in [2.24, 2.45) is 7.05 Å². The molecule has 0 bridgehead atoms. The van der Waals surface area contributed by atoms with Crippen LogP contribution in [0.25, 0.3) is 0 Å². The van der Waals surface area contributed by atoms with Gasteiger partial charge in [-0.15, -0.1) is 0 Å². The third-order valence-electron chi connectivity index (χ3n) is 3.46. The molecular formula is C15H18ClN3O3. The zero-order valence-electron chi connectivity index (χ0n) is 12.4. The van der Waals surface area contributed by atoms with E-state index in [1.165, 1.54) is 12.1 Å². The van der Waals surface area contributed by atoms with Crippen LogP contribution in [-0.4, -0.2) is 33.1 Å². The lowest BCUT2D eigenvalue weighted by atomic mass is 10.1. The summed E-state index contributed by atoms with van der Waals surface area (Å²) in [6.45, 7) is 0.985. The quantitative estimate of drug-likeness (QED) is 0.655. The van der Waals surface area contributed by atoms with Gasteiger partial charge in [-0.1, -0.05) is 23.7 Å². The van der Waals surface area contributed by atoms with Gasteiger partial charge in [0, 0.05) is 44.2 Å². The van der Waals surface area contributed by atoms with Gasteiger partial charge in [0.15, 0.2) is 0 Å². The molecule has 1 aromatic heterocycles. The van der Waals surface area contributed by atoms with Gasteiger partial charge in [0.05, 0.1) is 16.0 Å². The fourth-order valence-electron chi connectivity index (χ4n) is 2.31. The van der Waals surface area contributed by atoms with Crippen LogP contribution >= 0.6 is 11.6 Å². The Kier molecular flexibility index (Phi) is 5.18. The average molecular weight is 324 g/mol. The molecule has 0 aliphatic rings. The molecule has 1 N–H and O–H groups in total. The number of aliphatic hydroxyl groups is 1. The van der Waals surface area contributed by atoms with Crippen LogP contribution < -0.4 is 0 Å². The first-order chi connectivity index (χ1) is 10.4. The number of rotatable bonds is 6. The van der Waals surface area contributed by atoms with Gasteiger partial charge in [-0.2, -0.15) is 0 Å². The van der Waals surface area contributed by atoms with Crippen LogP contribution in [0.1, 0.15) is 17.4 Å². The number of aryl methyl sites for hydroxylation is 1. The number of hydrogen-bond acceptors (Lipinski definition) is 4. The lowest BCUT2D eigenvalue weighted by Crippen LogP contribution is -2.25. The molecule has 0 aliphatic heterocycles. The van der Waals surface area contributed by atoms with Crippen molar-refractivity contribution >= 4 is 17.3 Å². The van der Waals surface area contributed by atoms with Crippen molar-refractivity contribution in [1.29, 1.82) is 0 Å². The maximum atomic E-state index is 10.8. The van der Waals surface area contributed by atoms with E-state index in [4.69, 9.17) is 11.6 Å². The molecule has 0 saturated heterocycles. The molecule has 6 nitrogen and oxygen atoms in total. The van der Waals surface area contributed by atoms with Crippen molar-refractivity contribution in [3.8, 4) is 0 Å². The van der Waals surface area contributed by atoms with Crippen molar-refractivity contribution in [2.45, 2.75) is 12.6 Å². The van der Waals surface area contributed by atoms with Gasteiger partial charge in [0.1, 0.15) is 0 Å². The van der Waals surface area contributed by atoms with E-state index in [0.29, 0.717) is 23.7 Å². The Bertz CT molecular complexity index is 672. The van der Waals surface area contributed by atoms with E-state index in [1.807, 2.05) is 35.8 Å². The van der Waals surface area contributed by atoms with E-state index < -0.39 is 11.0 Å². The molecule has 0 amide bonds. The van der Waals surface area contributed by atoms with Gasteiger partial charge in [-0.3, -0.25) is 15.0 Å². The smallest absolute Gasteiger partial charge is 0.269 e. The highest BCUT2D eigenvalue weighted by Crippen LogP contribution is 2.21. The molecule has 118 valence electrons. The zero-order chi connectivity index (χ0) is 16.3. The summed E-state index contributed by atoms with van der Waals surface area (Å²) in [7, 11) is 3.79. The summed E-state index contributed by atoms with van der Waals surface area (Å²) in [6, 6.07) is 7.94. The summed E-state index contributed by atoms with van der Waals surface area (Å²) < 4.78 is 1.93. The lowest BCUT2D eigenvalue weighted by Gasteiger charge is -2.21. The highest BCUT2D eigenvalue weighted by atomic mass is 35.5. The fraction of sp³-hybridized carbons (Fsp3) is 0.333. The summed E-state index contributed by atoms with van der Waals surface area (Å²) in [6.07, 6.45) is 1.03. The molecule has 0 saturated carbocycles. The predicted molar refractivity (Wildman–Crippen MR) is 84.8 cm³/mol. The first-order valence-corrected chi connectivity index (χ1v) is 7.16. The Morgan fingerprint density at radius 3 is 2.77 bits per heavy atom. The van der Waals surface area contributed by atoms with E-state index in [9.17, 15) is 15.2 Å². The summed E-state index contributed by atoms with van der Waals surface area (Å²) in [5.41, 5.74) is 1.54. The number of aliphatic hydroxyl groups excluding tert-OH is 1. The Balaban J connectivity index is 2.01. The molecule has 22 heavy (non-hydrogen) atoms. The molecule has 2 aromatic rings. The number of nitro groups is 1. The van der Waals surface area contributed by atoms with Crippen LogP contribution in [-0.2, 0) is 13.6 Å². The Morgan fingerprint density at radius 2 is 2.18 bits per heavy atom. The summed E-state index contributed by atoms with van der Waals surface area (Å²) >= 11 is 5.95. The number of nitrogens with zero attached hydrogens (tertiary/aromatic N) is 3. The van der Waals surface area contributed by atoms with Crippen LogP contribution in [0, 0.1) is 10.1 Å². The van der Waals surface area contributed by atoms with Crippen molar-refractivity contribution in [2.75, 3.05) is 13.6 Å². The molecular weight excluding hydrogens is 306 g/mol. The number of hydrogen-bond donors (Lipinski definition) is 1. The van der Waals surface area contributed by atoms with E-state index in [2.05, 4.69) is 0 Å². The minimum Gasteiger partial charge on any atom is -0.387 e. The molecule has 0 spiro atoms. The first-order valence-electron chi connectivity index (χ1n) is 6.78. The van der Waals surface area contributed by atoms with Crippen LogP contribution in [0.2, 0.25) is 5.02 Å². The van der Waals surface area contributed by atoms with E-state index in [-0.39, 0.29) is 5.69 Å². The van der Waals surface area contributed by atoms with E-state index in [0.717, 1.165) is 5.69 Å². The van der Waals surface area contributed by atoms with Crippen molar-refractivity contribution in [1.82, 2.24) is 9.47 Å². The number of non-ortho nitro benzene ring substituents is 1. The standard InChI is InChI=1S/C15H18ClN3O3/c1-17(9-14-7-12(16)8-18(14)2)10-15(20)11-4-3-5-13(6-11)19(21)22/h3-8,15,20H,9-10H2,1-2H3. The Morgan fingerprint density at radius 1 is 1.45 bits per heavy atom. The Hall–Kier alpha value is -1.89. The highest BCUT2D eigenvalue weighted by Gasteiger charge is 2.15. The first kappa shape index (κ1) is 16.5. The average Bonchev–Trinajstić information content (AvgIpc) is 2.76. The number of benzene rings is 1. The largest absolute Gasteiger partial charge is 0.387 e. The van der Waals surface area contributed by atoms with Crippen molar-refractivity contribution < 1.29 is 10.0 Å². The van der Waals surface area contributed by atoms with E-state index >= 15 is 0 Å². The number of nitro benzene ring substituents is 1. The molecule has 0 fully saturated rings. The second kappa shape index (κ2) is 6.91. The minimum atomic E-state index is -0.791. The molecule has 1 unspecified atom stereocenters. The molecule has 2 rings (SSSR count). The highest BCUT2D eigenvalue weighted by molar-refractivity contribution is 6.30.